The summed E-state index contributed by atoms with van der Waals surface area (Å²) >= 11 is 0. The zero-order valence-electron chi connectivity index (χ0n) is 25.5. The Balaban J connectivity index is 0.00000221. The van der Waals surface area contributed by atoms with E-state index in [0.29, 0.717) is 25.8 Å². The molecule has 240 valence electrons. The summed E-state index contributed by atoms with van der Waals surface area (Å²) in [5.41, 5.74) is 13.2. The Labute approximate surface area is 272 Å². The van der Waals surface area contributed by atoms with Crippen LogP contribution in [0, 0.1) is 6.92 Å². The Morgan fingerprint density at radius 1 is 1.05 bits per heavy atom. The first-order valence-electron chi connectivity index (χ1n) is 15.1. The second kappa shape index (κ2) is 15.5. The van der Waals surface area contributed by atoms with Crippen LogP contribution in [0.25, 0.3) is 11.3 Å². The van der Waals surface area contributed by atoms with E-state index < -0.39 is 0 Å². The summed E-state index contributed by atoms with van der Waals surface area (Å²) in [6.07, 6.45) is 1.53. The number of halogens is 2. The van der Waals surface area contributed by atoms with Crippen LogP contribution < -0.4 is 26.0 Å². The normalized spacial score (nSPS) is 20.2. The third kappa shape index (κ3) is 8.11. The molecular formula is C32H45Cl2N7O3. The fourth-order valence-corrected chi connectivity index (χ4v) is 6.05. The Kier molecular flexibility index (Phi) is 12.1. The number of aryl methyl sites for hydroxylation is 2. The Morgan fingerprint density at radius 2 is 1.82 bits per heavy atom. The molecule has 3 heterocycles. The summed E-state index contributed by atoms with van der Waals surface area (Å²) in [5, 5.41) is 16.5. The maximum atomic E-state index is 9.73. The van der Waals surface area contributed by atoms with Crippen LogP contribution in [0.15, 0.2) is 42.5 Å². The van der Waals surface area contributed by atoms with Gasteiger partial charge in [0.1, 0.15) is 18.2 Å². The second-order valence-electron chi connectivity index (χ2n) is 11.7. The number of rotatable bonds is 10. The maximum Gasteiger partial charge on any atom is 0.222 e. The minimum absolute atomic E-state index is 0. The van der Waals surface area contributed by atoms with Crippen molar-refractivity contribution in [3.63, 3.8) is 0 Å². The van der Waals surface area contributed by atoms with Gasteiger partial charge in [-0.2, -0.15) is 4.98 Å². The van der Waals surface area contributed by atoms with Crippen LogP contribution in [-0.4, -0.2) is 90.8 Å². The lowest BCUT2D eigenvalue weighted by Gasteiger charge is -2.37. The topological polar surface area (TPSA) is 121 Å². The Morgan fingerprint density at radius 3 is 2.55 bits per heavy atom. The molecule has 0 amide bonds. The minimum Gasteiger partial charge on any atom is -0.489 e. The van der Waals surface area contributed by atoms with E-state index in [9.17, 15) is 5.11 Å². The average molecular weight is 647 g/mol. The number of piperazine rings is 1. The third-order valence-corrected chi connectivity index (χ3v) is 8.59. The zero-order chi connectivity index (χ0) is 29.1. The molecule has 5 N–H and O–H groups in total. The summed E-state index contributed by atoms with van der Waals surface area (Å²) < 4.78 is 12.0. The molecule has 2 aliphatic heterocycles. The Bertz CT molecular complexity index is 1370. The second-order valence-corrected chi connectivity index (χ2v) is 11.7. The molecule has 10 nitrogen and oxygen atoms in total. The lowest BCUT2D eigenvalue weighted by molar-refractivity contribution is 0.0812. The van der Waals surface area contributed by atoms with Gasteiger partial charge in [-0.15, -0.1) is 24.8 Å². The molecule has 2 aromatic carbocycles. The van der Waals surface area contributed by atoms with Crippen molar-refractivity contribution in [3.05, 3.63) is 64.7 Å². The monoisotopic (exact) mass is 645 g/mol. The first kappa shape index (κ1) is 34.2. The van der Waals surface area contributed by atoms with Gasteiger partial charge in [-0.1, -0.05) is 29.8 Å². The van der Waals surface area contributed by atoms with Crippen molar-refractivity contribution in [2.24, 2.45) is 0 Å². The van der Waals surface area contributed by atoms with Gasteiger partial charge in [0.15, 0.2) is 0 Å². The van der Waals surface area contributed by atoms with Crippen molar-refractivity contribution in [3.8, 4) is 17.0 Å². The first-order valence-corrected chi connectivity index (χ1v) is 15.1. The number of aromatic nitrogens is 2. The molecule has 3 atom stereocenters. The van der Waals surface area contributed by atoms with Crippen LogP contribution in [0.4, 0.5) is 11.8 Å². The number of nitrogens with zero attached hydrogens (tertiary/aromatic N) is 4. The van der Waals surface area contributed by atoms with Gasteiger partial charge >= 0.3 is 0 Å². The molecule has 1 aliphatic carbocycles. The van der Waals surface area contributed by atoms with E-state index in [1.54, 1.807) is 0 Å². The minimum atomic E-state index is -0.369. The summed E-state index contributed by atoms with van der Waals surface area (Å²) in [5.74, 6) is 2.17. The van der Waals surface area contributed by atoms with Crippen molar-refractivity contribution in [1.29, 1.82) is 0 Å². The number of ether oxygens (including phenoxy) is 2. The van der Waals surface area contributed by atoms with Crippen LogP contribution in [-0.2, 0) is 24.2 Å². The number of hydrogen-bond donors (Lipinski definition) is 4. The molecule has 3 unspecified atom stereocenters. The molecule has 1 aromatic heterocycles. The molecule has 2 fully saturated rings. The highest BCUT2D eigenvalue weighted by Crippen LogP contribution is 2.38. The molecule has 0 spiro atoms. The summed E-state index contributed by atoms with van der Waals surface area (Å²) in [4.78, 5) is 14.2. The van der Waals surface area contributed by atoms with E-state index >= 15 is 0 Å². The molecule has 3 aliphatic rings. The van der Waals surface area contributed by atoms with Gasteiger partial charge in [0.05, 0.1) is 31.2 Å². The zero-order valence-corrected chi connectivity index (χ0v) is 27.1. The van der Waals surface area contributed by atoms with E-state index in [4.69, 9.17) is 25.2 Å². The lowest BCUT2D eigenvalue weighted by atomic mass is 9.88. The van der Waals surface area contributed by atoms with Gasteiger partial charge < -0.3 is 25.2 Å². The average Bonchev–Trinajstić information content (AvgIpc) is 3.48. The van der Waals surface area contributed by atoms with Gasteiger partial charge in [-0.3, -0.25) is 15.5 Å². The van der Waals surface area contributed by atoms with Gasteiger partial charge in [0, 0.05) is 56.4 Å². The van der Waals surface area contributed by atoms with Crippen LogP contribution in [0.3, 0.4) is 0 Å². The number of nitrogens with two attached hydrogens (primary N) is 1. The van der Waals surface area contributed by atoms with E-state index in [-0.39, 0.29) is 43.1 Å². The van der Waals surface area contributed by atoms with Crippen molar-refractivity contribution in [1.82, 2.24) is 25.5 Å². The predicted octanol–water partition coefficient (Wildman–Crippen LogP) is 2.96. The number of aliphatic hydroxyl groups excluding tert-OH is 1. The molecule has 2 saturated heterocycles. The van der Waals surface area contributed by atoms with E-state index in [1.807, 2.05) is 13.0 Å². The smallest absolute Gasteiger partial charge is 0.222 e. The van der Waals surface area contributed by atoms with Gasteiger partial charge in [-0.25, -0.2) is 4.98 Å². The number of nitrogen functional groups attached to an aromatic ring is 1. The van der Waals surface area contributed by atoms with Crippen molar-refractivity contribution < 1.29 is 14.6 Å². The molecule has 0 radical (unpaired) electrons. The van der Waals surface area contributed by atoms with E-state index in [0.717, 1.165) is 80.5 Å². The highest BCUT2D eigenvalue weighted by molar-refractivity contribution is 5.85. The lowest BCUT2D eigenvalue weighted by Crippen LogP contribution is -2.48. The molecular weight excluding hydrogens is 601 g/mol. The van der Waals surface area contributed by atoms with Gasteiger partial charge in [0.25, 0.3) is 0 Å². The first-order chi connectivity index (χ1) is 20.4. The van der Waals surface area contributed by atoms with Crippen LogP contribution >= 0.6 is 24.8 Å². The summed E-state index contributed by atoms with van der Waals surface area (Å²) in [6, 6.07) is 14.8. The standard InChI is InChI=1S/C32H43N7O3.2ClH/c1-21-3-5-23(6-4-21)19-42-25-8-10-26-24(17-25)7-9-27-30(26)36-32(33)37-31(27)39-13-11-38(12-14-39)15-16-41-20-29-34-18-28(35-29)22(2)40;;/h3-6,8,10,17,22,28-29,34-35,40H,7,9,11-16,18-20H2,1-2H3,(H2,33,36,37);2*1H. The maximum absolute atomic E-state index is 9.73. The van der Waals surface area contributed by atoms with Crippen molar-refractivity contribution in [2.45, 2.75) is 51.6 Å². The molecule has 0 bridgehead atoms. The number of hydrogen-bond acceptors (Lipinski definition) is 10. The van der Waals surface area contributed by atoms with Crippen molar-refractivity contribution in [2.75, 3.05) is 63.1 Å². The highest BCUT2D eigenvalue weighted by atomic mass is 35.5. The quantitative estimate of drug-likeness (QED) is 0.245. The number of nitrogens with one attached hydrogen (secondary N) is 2. The largest absolute Gasteiger partial charge is 0.489 e. The highest BCUT2D eigenvalue weighted by Gasteiger charge is 2.28. The number of fused-ring (bicyclic) bond motifs is 3. The van der Waals surface area contributed by atoms with Crippen LogP contribution in [0.2, 0.25) is 0 Å². The molecule has 44 heavy (non-hydrogen) atoms. The fraction of sp³-hybridized carbons (Fsp3) is 0.500. The van der Waals surface area contributed by atoms with Gasteiger partial charge in [0.2, 0.25) is 5.95 Å². The number of anilines is 2. The molecule has 6 rings (SSSR count). The molecule has 0 saturated carbocycles. The SMILES string of the molecule is Cc1ccc(COc2ccc3c(c2)CCc2c-3nc(N)nc2N2CCN(CCOCC3NCC(C(C)O)N3)CC2)cc1.Cl.Cl. The van der Waals surface area contributed by atoms with Crippen LogP contribution in [0.5, 0.6) is 5.75 Å². The van der Waals surface area contributed by atoms with Gasteiger partial charge in [-0.05, 0) is 56.0 Å². The fourth-order valence-electron chi connectivity index (χ4n) is 6.05. The molecule has 3 aromatic rings. The predicted molar refractivity (Wildman–Crippen MR) is 179 cm³/mol. The van der Waals surface area contributed by atoms with Crippen molar-refractivity contribution >= 4 is 36.6 Å². The summed E-state index contributed by atoms with van der Waals surface area (Å²) in [6.45, 7) is 11.1. The number of aliphatic hydroxyl groups is 1. The molecule has 12 heteroatoms. The Hall–Kier alpha value is -2.70. The summed E-state index contributed by atoms with van der Waals surface area (Å²) in [7, 11) is 0. The van der Waals surface area contributed by atoms with E-state index in [1.165, 1.54) is 16.7 Å². The van der Waals surface area contributed by atoms with Crippen LogP contribution in [0.1, 0.15) is 29.2 Å². The number of benzene rings is 2. The third-order valence-electron chi connectivity index (χ3n) is 8.59. The van der Waals surface area contributed by atoms with E-state index in [2.05, 4.69) is 63.8 Å².